The van der Waals surface area contributed by atoms with Crippen molar-refractivity contribution in [2.75, 3.05) is 26.2 Å². The Balaban J connectivity index is 2.05. The van der Waals surface area contributed by atoms with Crippen LogP contribution in [0.25, 0.3) is 0 Å². The maximum Gasteiger partial charge on any atom is 0.161 e. The Morgan fingerprint density at radius 3 is 2.74 bits per heavy atom. The van der Waals surface area contributed by atoms with E-state index in [0.29, 0.717) is 18.4 Å². The molecule has 0 saturated carbocycles. The number of phenols is 1. The van der Waals surface area contributed by atoms with Crippen molar-refractivity contribution < 1.29 is 9.84 Å². The summed E-state index contributed by atoms with van der Waals surface area (Å²) in [6, 6.07) is 6.30. The van der Waals surface area contributed by atoms with Crippen LogP contribution < -0.4 is 10.1 Å². The molecule has 106 valence electrons. The molecule has 4 nitrogen and oxygen atoms in total. The van der Waals surface area contributed by atoms with Crippen LogP contribution in [0.4, 0.5) is 0 Å². The minimum Gasteiger partial charge on any atom is -0.504 e. The number of phenolic OH excluding ortho intramolecular Hbond substituents is 1. The van der Waals surface area contributed by atoms with Crippen LogP contribution in [0.15, 0.2) is 18.2 Å². The summed E-state index contributed by atoms with van der Waals surface area (Å²) in [5, 5.41) is 13.0. The largest absolute Gasteiger partial charge is 0.504 e. The van der Waals surface area contributed by atoms with Crippen LogP contribution in [-0.4, -0.2) is 42.3 Å². The Morgan fingerprint density at radius 2 is 2.16 bits per heavy atom. The predicted molar refractivity (Wildman–Crippen MR) is 76.6 cm³/mol. The molecular formula is C15H24N2O2. The molecule has 4 heteroatoms. The molecule has 0 unspecified atom stereocenters. The fraction of sp³-hybridized carbons (Fsp3) is 0.600. The van der Waals surface area contributed by atoms with Gasteiger partial charge in [-0.3, -0.25) is 4.90 Å². The second-order valence-electron chi connectivity index (χ2n) is 5.02. The van der Waals surface area contributed by atoms with Crippen LogP contribution in [-0.2, 0) is 6.54 Å². The zero-order valence-corrected chi connectivity index (χ0v) is 11.9. The molecule has 0 aliphatic carbocycles. The van der Waals surface area contributed by atoms with Crippen LogP contribution >= 0.6 is 0 Å². The summed E-state index contributed by atoms with van der Waals surface area (Å²) < 4.78 is 5.44. The van der Waals surface area contributed by atoms with Gasteiger partial charge < -0.3 is 15.2 Å². The van der Waals surface area contributed by atoms with E-state index in [1.54, 1.807) is 6.07 Å². The monoisotopic (exact) mass is 264 g/mol. The molecule has 19 heavy (non-hydrogen) atoms. The van der Waals surface area contributed by atoms with Gasteiger partial charge in [-0.15, -0.1) is 0 Å². The molecule has 0 aromatic heterocycles. The molecule has 1 aromatic carbocycles. The third kappa shape index (κ3) is 3.61. The maximum absolute atomic E-state index is 9.72. The van der Waals surface area contributed by atoms with Gasteiger partial charge in [0.15, 0.2) is 11.5 Å². The van der Waals surface area contributed by atoms with Gasteiger partial charge in [0, 0.05) is 25.7 Å². The maximum atomic E-state index is 9.72. The van der Waals surface area contributed by atoms with Crippen molar-refractivity contribution in [3.05, 3.63) is 23.8 Å². The topological polar surface area (TPSA) is 44.7 Å². The fourth-order valence-electron chi connectivity index (χ4n) is 2.37. The van der Waals surface area contributed by atoms with Crippen molar-refractivity contribution in [3.8, 4) is 11.5 Å². The number of nitrogens with zero attached hydrogens (tertiary/aromatic N) is 1. The summed E-state index contributed by atoms with van der Waals surface area (Å²) in [5.41, 5.74) is 1.20. The lowest BCUT2D eigenvalue weighted by Gasteiger charge is -2.38. The van der Waals surface area contributed by atoms with Crippen molar-refractivity contribution >= 4 is 0 Å². The molecule has 1 aliphatic heterocycles. The Morgan fingerprint density at radius 1 is 1.37 bits per heavy atom. The van der Waals surface area contributed by atoms with Crippen LogP contribution in [0.5, 0.6) is 11.5 Å². The fourth-order valence-corrected chi connectivity index (χ4v) is 2.37. The van der Waals surface area contributed by atoms with Gasteiger partial charge in [0.1, 0.15) is 0 Å². The third-order valence-electron chi connectivity index (χ3n) is 3.50. The average molecular weight is 264 g/mol. The highest BCUT2D eigenvalue weighted by Gasteiger charge is 2.23. The molecule has 0 bridgehead atoms. The van der Waals surface area contributed by atoms with Gasteiger partial charge in [0.25, 0.3) is 0 Å². The van der Waals surface area contributed by atoms with E-state index in [1.165, 1.54) is 5.56 Å². The van der Waals surface area contributed by atoms with E-state index in [0.717, 1.165) is 32.6 Å². The number of aromatic hydroxyl groups is 1. The third-order valence-corrected chi connectivity index (χ3v) is 3.50. The van der Waals surface area contributed by atoms with Crippen molar-refractivity contribution in [1.82, 2.24) is 10.2 Å². The van der Waals surface area contributed by atoms with E-state index >= 15 is 0 Å². The minimum atomic E-state index is 0.220. The van der Waals surface area contributed by atoms with Gasteiger partial charge in [0.05, 0.1) is 6.61 Å². The zero-order valence-electron chi connectivity index (χ0n) is 11.9. The minimum absolute atomic E-state index is 0.220. The number of hydrogen-bond donors (Lipinski definition) is 2. The Hall–Kier alpha value is -1.26. The molecule has 2 N–H and O–H groups in total. The highest BCUT2D eigenvalue weighted by atomic mass is 16.5. The molecule has 2 rings (SSSR count). The van der Waals surface area contributed by atoms with E-state index in [1.807, 2.05) is 19.1 Å². The second-order valence-corrected chi connectivity index (χ2v) is 5.02. The van der Waals surface area contributed by atoms with Gasteiger partial charge in [-0.2, -0.15) is 0 Å². The lowest BCUT2D eigenvalue weighted by atomic mass is 10.1. The lowest BCUT2D eigenvalue weighted by molar-refractivity contribution is 0.137. The van der Waals surface area contributed by atoms with Gasteiger partial charge in [0.2, 0.25) is 0 Å². The van der Waals surface area contributed by atoms with Crippen LogP contribution in [0.3, 0.4) is 0 Å². The second kappa shape index (κ2) is 6.78. The van der Waals surface area contributed by atoms with Gasteiger partial charge in [-0.1, -0.05) is 13.0 Å². The number of nitrogens with one attached hydrogen (secondary N) is 1. The molecule has 1 saturated heterocycles. The molecule has 0 spiro atoms. The summed E-state index contributed by atoms with van der Waals surface area (Å²) in [7, 11) is 0. The van der Waals surface area contributed by atoms with Crippen molar-refractivity contribution in [3.63, 3.8) is 0 Å². The van der Waals surface area contributed by atoms with E-state index in [9.17, 15) is 5.11 Å². The smallest absolute Gasteiger partial charge is 0.161 e. The van der Waals surface area contributed by atoms with Crippen molar-refractivity contribution in [1.29, 1.82) is 0 Å². The standard InChI is InChI=1S/C15H24N2O2/c1-3-7-17(13-9-16-10-13)11-12-5-6-14(18)15(8-12)19-4-2/h5-6,8,13,16,18H,3-4,7,9-11H2,1-2H3. The molecular weight excluding hydrogens is 240 g/mol. The highest BCUT2D eigenvalue weighted by molar-refractivity contribution is 5.41. The first-order valence-corrected chi connectivity index (χ1v) is 7.14. The first-order valence-electron chi connectivity index (χ1n) is 7.14. The number of hydrogen-bond acceptors (Lipinski definition) is 4. The van der Waals surface area contributed by atoms with E-state index in [-0.39, 0.29) is 5.75 Å². The normalized spacial score (nSPS) is 15.5. The van der Waals surface area contributed by atoms with Gasteiger partial charge in [-0.25, -0.2) is 0 Å². The number of ether oxygens (including phenoxy) is 1. The van der Waals surface area contributed by atoms with E-state index in [4.69, 9.17) is 4.74 Å². The van der Waals surface area contributed by atoms with E-state index < -0.39 is 0 Å². The molecule has 0 atom stereocenters. The van der Waals surface area contributed by atoms with Crippen LogP contribution in [0.1, 0.15) is 25.8 Å². The summed E-state index contributed by atoms with van der Waals surface area (Å²) in [6.07, 6.45) is 1.16. The number of rotatable bonds is 7. The Kier molecular flexibility index (Phi) is 5.05. The average Bonchev–Trinajstić information content (AvgIpc) is 2.32. The van der Waals surface area contributed by atoms with Crippen molar-refractivity contribution in [2.45, 2.75) is 32.9 Å². The molecule has 1 heterocycles. The van der Waals surface area contributed by atoms with Gasteiger partial charge in [-0.05, 0) is 37.6 Å². The summed E-state index contributed by atoms with van der Waals surface area (Å²) in [4.78, 5) is 2.50. The van der Waals surface area contributed by atoms with Gasteiger partial charge >= 0.3 is 0 Å². The molecule has 1 aromatic rings. The Labute approximate surface area is 115 Å². The zero-order chi connectivity index (χ0) is 13.7. The molecule has 1 fully saturated rings. The SMILES string of the molecule is CCCN(Cc1ccc(O)c(OCC)c1)C1CNC1. The first-order chi connectivity index (χ1) is 9.24. The summed E-state index contributed by atoms with van der Waals surface area (Å²) >= 11 is 0. The van der Waals surface area contributed by atoms with E-state index in [2.05, 4.69) is 17.1 Å². The Bertz CT molecular complexity index is 405. The predicted octanol–water partition coefficient (Wildman–Crippen LogP) is 1.97. The highest BCUT2D eigenvalue weighted by Crippen LogP contribution is 2.27. The number of benzene rings is 1. The quantitative estimate of drug-likeness (QED) is 0.790. The van der Waals surface area contributed by atoms with Crippen LogP contribution in [0, 0.1) is 0 Å². The first kappa shape index (κ1) is 14.2. The van der Waals surface area contributed by atoms with Crippen LogP contribution in [0.2, 0.25) is 0 Å². The molecule has 1 aliphatic rings. The summed E-state index contributed by atoms with van der Waals surface area (Å²) in [5.74, 6) is 0.807. The lowest BCUT2D eigenvalue weighted by Crippen LogP contribution is -2.56. The molecule has 0 amide bonds. The summed E-state index contributed by atoms with van der Waals surface area (Å²) in [6.45, 7) is 8.89. The van der Waals surface area contributed by atoms with Crippen molar-refractivity contribution in [2.24, 2.45) is 0 Å². The molecule has 0 radical (unpaired) electrons.